The predicted octanol–water partition coefficient (Wildman–Crippen LogP) is 3.99. The summed E-state index contributed by atoms with van der Waals surface area (Å²) in [5.41, 5.74) is 6.55. The zero-order valence-electron chi connectivity index (χ0n) is 9.45. The number of benzene rings is 1. The van der Waals surface area contributed by atoms with Crippen LogP contribution in [-0.2, 0) is 0 Å². The van der Waals surface area contributed by atoms with Crippen molar-refractivity contribution in [1.82, 2.24) is 0 Å². The van der Waals surface area contributed by atoms with E-state index in [1.165, 1.54) is 24.3 Å². The van der Waals surface area contributed by atoms with E-state index >= 15 is 0 Å². The van der Waals surface area contributed by atoms with E-state index in [4.69, 9.17) is 10.2 Å². The highest BCUT2D eigenvalue weighted by molar-refractivity contribution is 9.10. The third kappa shape index (κ3) is 3.74. The van der Waals surface area contributed by atoms with E-state index in [2.05, 4.69) is 20.7 Å². The van der Waals surface area contributed by atoms with Gasteiger partial charge in [0.05, 0.1) is 6.04 Å². The second-order valence-corrected chi connectivity index (χ2v) is 4.52. The van der Waals surface area contributed by atoms with E-state index in [1.807, 2.05) is 0 Å². The molecule has 1 atom stereocenters. The zero-order chi connectivity index (χ0) is 14.0. The molecule has 0 unspecified atom stereocenters. The first-order valence-electron chi connectivity index (χ1n) is 5.22. The third-order valence-electron chi connectivity index (χ3n) is 2.37. The van der Waals surface area contributed by atoms with Crippen LogP contribution in [0.4, 0.5) is 13.2 Å². The van der Waals surface area contributed by atoms with E-state index in [-0.39, 0.29) is 5.75 Å². The van der Waals surface area contributed by atoms with Gasteiger partial charge in [0, 0.05) is 0 Å². The van der Waals surface area contributed by atoms with Gasteiger partial charge in [-0.05, 0) is 45.8 Å². The first-order chi connectivity index (χ1) is 8.85. The lowest BCUT2D eigenvalue weighted by Crippen LogP contribution is -2.17. The van der Waals surface area contributed by atoms with Crippen LogP contribution in [0.15, 0.2) is 45.5 Å². The van der Waals surface area contributed by atoms with Crippen molar-refractivity contribution >= 4 is 15.9 Å². The Labute approximate surface area is 115 Å². The molecule has 102 valence electrons. The van der Waals surface area contributed by atoms with Crippen LogP contribution in [0, 0.1) is 0 Å². The zero-order valence-corrected chi connectivity index (χ0v) is 11.0. The number of furan rings is 1. The maximum Gasteiger partial charge on any atom is 0.573 e. The van der Waals surface area contributed by atoms with Crippen LogP contribution in [0.1, 0.15) is 17.4 Å². The topological polar surface area (TPSA) is 48.4 Å². The van der Waals surface area contributed by atoms with Crippen molar-refractivity contribution < 1.29 is 22.3 Å². The quantitative estimate of drug-likeness (QED) is 0.922. The lowest BCUT2D eigenvalue weighted by molar-refractivity contribution is -0.274. The van der Waals surface area contributed by atoms with Crippen LogP contribution in [0.5, 0.6) is 5.75 Å². The molecule has 0 fully saturated rings. The van der Waals surface area contributed by atoms with Crippen molar-refractivity contribution in [3.05, 3.63) is 52.4 Å². The maximum absolute atomic E-state index is 12.0. The van der Waals surface area contributed by atoms with Crippen LogP contribution >= 0.6 is 15.9 Å². The van der Waals surface area contributed by atoms with Gasteiger partial charge >= 0.3 is 6.36 Å². The summed E-state index contributed by atoms with van der Waals surface area (Å²) in [5.74, 6) is 0.223. The van der Waals surface area contributed by atoms with Crippen molar-refractivity contribution in [3.63, 3.8) is 0 Å². The highest BCUT2D eigenvalue weighted by atomic mass is 79.9. The fourth-order valence-electron chi connectivity index (χ4n) is 1.54. The normalized spacial score (nSPS) is 13.3. The summed E-state index contributed by atoms with van der Waals surface area (Å²) in [4.78, 5) is 0. The molecule has 1 aromatic heterocycles. The summed E-state index contributed by atoms with van der Waals surface area (Å²) in [6, 6.07) is 8.17. The summed E-state index contributed by atoms with van der Waals surface area (Å²) >= 11 is 3.15. The molecule has 2 aromatic rings. The number of alkyl halides is 3. The number of nitrogens with two attached hydrogens (primary N) is 1. The molecule has 0 bridgehead atoms. The van der Waals surface area contributed by atoms with Gasteiger partial charge in [-0.2, -0.15) is 0 Å². The van der Waals surface area contributed by atoms with E-state index in [9.17, 15) is 13.2 Å². The average molecular weight is 336 g/mol. The fraction of sp³-hybridized carbons (Fsp3) is 0.167. The molecule has 19 heavy (non-hydrogen) atoms. The Balaban J connectivity index is 2.14. The van der Waals surface area contributed by atoms with Gasteiger partial charge in [0.15, 0.2) is 4.67 Å². The monoisotopic (exact) mass is 335 g/mol. The Morgan fingerprint density at radius 2 is 1.74 bits per heavy atom. The summed E-state index contributed by atoms with van der Waals surface area (Å²) < 4.78 is 45.6. The molecule has 7 heteroatoms. The maximum atomic E-state index is 12.0. The Hall–Kier alpha value is -1.47. The van der Waals surface area contributed by atoms with Crippen molar-refractivity contribution in [2.45, 2.75) is 12.4 Å². The molecule has 0 amide bonds. The molecule has 0 saturated carbocycles. The molecule has 1 aromatic carbocycles. The van der Waals surface area contributed by atoms with Crippen molar-refractivity contribution in [2.75, 3.05) is 0 Å². The largest absolute Gasteiger partial charge is 0.573 e. The summed E-state index contributed by atoms with van der Waals surface area (Å²) in [7, 11) is 0. The standard InChI is InChI=1S/C12H9BrF3NO2/c13-10-6-5-9(18-10)11(17)7-1-3-8(4-2-7)19-12(14,15)16/h1-6,11H,17H2/t11-/m0/s1. The highest BCUT2D eigenvalue weighted by Gasteiger charge is 2.31. The molecular weight excluding hydrogens is 327 g/mol. The summed E-state index contributed by atoms with van der Waals surface area (Å²) in [6.07, 6.45) is -4.70. The predicted molar refractivity (Wildman–Crippen MR) is 65.6 cm³/mol. The molecule has 0 aliphatic carbocycles. The molecule has 0 saturated heterocycles. The Morgan fingerprint density at radius 1 is 1.11 bits per heavy atom. The van der Waals surface area contributed by atoms with E-state index in [0.29, 0.717) is 16.0 Å². The van der Waals surface area contributed by atoms with Gasteiger partial charge in [0.25, 0.3) is 0 Å². The van der Waals surface area contributed by atoms with Gasteiger partial charge in [-0.1, -0.05) is 12.1 Å². The minimum atomic E-state index is -4.70. The number of halogens is 4. The Morgan fingerprint density at radius 3 is 2.21 bits per heavy atom. The number of ether oxygens (including phenoxy) is 1. The molecule has 2 rings (SSSR count). The van der Waals surface area contributed by atoms with Gasteiger partial charge in [0.1, 0.15) is 11.5 Å². The molecule has 0 radical (unpaired) electrons. The van der Waals surface area contributed by atoms with Gasteiger partial charge in [-0.15, -0.1) is 13.2 Å². The smallest absolute Gasteiger partial charge is 0.452 e. The van der Waals surface area contributed by atoms with Crippen molar-refractivity contribution in [3.8, 4) is 5.75 Å². The fourth-order valence-corrected chi connectivity index (χ4v) is 1.86. The number of rotatable bonds is 3. The molecule has 0 spiro atoms. The first-order valence-corrected chi connectivity index (χ1v) is 6.01. The third-order valence-corrected chi connectivity index (χ3v) is 2.80. The minimum Gasteiger partial charge on any atom is -0.452 e. The molecular formula is C12H9BrF3NO2. The van der Waals surface area contributed by atoms with Crippen molar-refractivity contribution in [2.24, 2.45) is 5.73 Å². The molecule has 3 nitrogen and oxygen atoms in total. The molecule has 0 aliphatic rings. The van der Waals surface area contributed by atoms with Gasteiger partial charge in [-0.3, -0.25) is 0 Å². The number of hydrogen-bond acceptors (Lipinski definition) is 3. The highest BCUT2D eigenvalue weighted by Crippen LogP contribution is 2.27. The van der Waals surface area contributed by atoms with Gasteiger partial charge in [-0.25, -0.2) is 0 Å². The van der Waals surface area contributed by atoms with E-state index in [1.54, 1.807) is 12.1 Å². The Kier molecular flexibility index (Phi) is 3.86. The van der Waals surface area contributed by atoms with E-state index in [0.717, 1.165) is 0 Å². The van der Waals surface area contributed by atoms with Gasteiger partial charge in [0.2, 0.25) is 0 Å². The van der Waals surface area contributed by atoms with E-state index < -0.39 is 12.4 Å². The van der Waals surface area contributed by atoms with Crippen LogP contribution < -0.4 is 10.5 Å². The summed E-state index contributed by atoms with van der Waals surface area (Å²) in [6.45, 7) is 0. The average Bonchev–Trinajstić information content (AvgIpc) is 2.74. The van der Waals surface area contributed by atoms with Crippen LogP contribution in [0.3, 0.4) is 0 Å². The minimum absolute atomic E-state index is 0.288. The lowest BCUT2D eigenvalue weighted by atomic mass is 10.1. The van der Waals surface area contributed by atoms with Gasteiger partial charge < -0.3 is 14.9 Å². The first kappa shape index (κ1) is 14.0. The molecule has 2 N–H and O–H groups in total. The second-order valence-electron chi connectivity index (χ2n) is 3.74. The lowest BCUT2D eigenvalue weighted by Gasteiger charge is -2.12. The number of hydrogen-bond donors (Lipinski definition) is 1. The summed E-state index contributed by atoms with van der Waals surface area (Å²) in [5, 5.41) is 0. The SMILES string of the molecule is N[C@@H](c1ccc(OC(F)(F)F)cc1)c1ccc(Br)o1. The Bertz CT molecular complexity index is 551. The molecule has 1 heterocycles. The second kappa shape index (κ2) is 5.26. The molecule has 0 aliphatic heterocycles. The van der Waals surface area contributed by atoms with Crippen LogP contribution in [0.2, 0.25) is 0 Å². The van der Waals surface area contributed by atoms with Crippen LogP contribution in [-0.4, -0.2) is 6.36 Å². The van der Waals surface area contributed by atoms with Crippen molar-refractivity contribution in [1.29, 1.82) is 0 Å². The van der Waals surface area contributed by atoms with Crippen LogP contribution in [0.25, 0.3) is 0 Å².